The van der Waals surface area contributed by atoms with Gasteiger partial charge in [0.2, 0.25) is 0 Å². The van der Waals surface area contributed by atoms with Gasteiger partial charge >= 0.3 is 6.09 Å². The van der Waals surface area contributed by atoms with Gasteiger partial charge in [-0.05, 0) is 51.0 Å². The van der Waals surface area contributed by atoms with Gasteiger partial charge in [-0.3, -0.25) is 4.18 Å². The Hall–Kier alpha value is -2.64. The van der Waals surface area contributed by atoms with Crippen molar-refractivity contribution in [3.63, 3.8) is 0 Å². The molecule has 0 N–H and O–H groups in total. The van der Waals surface area contributed by atoms with Gasteiger partial charge in [0.05, 0.1) is 23.6 Å². The molecular formula is C21H23NO5S. The summed E-state index contributed by atoms with van der Waals surface area (Å²) in [6.45, 7) is 3.95. The number of aromatic nitrogens is 1. The second-order valence-corrected chi connectivity index (χ2v) is 8.04. The van der Waals surface area contributed by atoms with Gasteiger partial charge in [-0.2, -0.15) is 8.42 Å². The van der Waals surface area contributed by atoms with Gasteiger partial charge in [-0.15, -0.1) is 0 Å². The molecular weight excluding hydrogens is 378 g/mol. The zero-order valence-corrected chi connectivity index (χ0v) is 16.7. The lowest BCUT2D eigenvalue weighted by Crippen LogP contribution is -2.16. The van der Waals surface area contributed by atoms with Gasteiger partial charge in [-0.1, -0.05) is 35.9 Å². The number of rotatable bonds is 7. The van der Waals surface area contributed by atoms with Crippen LogP contribution in [0.25, 0.3) is 10.9 Å². The third-order valence-corrected chi connectivity index (χ3v) is 5.69. The molecule has 28 heavy (non-hydrogen) atoms. The fraction of sp³-hybridized carbons (Fsp3) is 0.286. The third kappa shape index (κ3) is 4.43. The van der Waals surface area contributed by atoms with Crippen molar-refractivity contribution in [3.05, 3.63) is 65.9 Å². The number of carbonyl (C=O) groups excluding carboxylic acids is 1. The van der Waals surface area contributed by atoms with Gasteiger partial charge in [0.1, 0.15) is 0 Å². The van der Waals surface area contributed by atoms with Crippen LogP contribution < -0.4 is 0 Å². The van der Waals surface area contributed by atoms with E-state index in [0.717, 1.165) is 22.2 Å². The summed E-state index contributed by atoms with van der Waals surface area (Å²) in [6, 6.07) is 16.0. The normalized spacial score (nSPS) is 11.6. The Morgan fingerprint density at radius 2 is 1.79 bits per heavy atom. The molecule has 3 rings (SSSR count). The molecule has 3 aromatic rings. The summed E-state index contributed by atoms with van der Waals surface area (Å²) >= 11 is 0. The van der Waals surface area contributed by atoms with Crippen molar-refractivity contribution in [1.82, 2.24) is 4.57 Å². The van der Waals surface area contributed by atoms with Crippen LogP contribution in [0.1, 0.15) is 24.6 Å². The van der Waals surface area contributed by atoms with Crippen LogP contribution in [0.5, 0.6) is 0 Å². The first-order valence-electron chi connectivity index (χ1n) is 9.15. The average molecular weight is 401 g/mol. The Labute approximate surface area is 164 Å². The molecule has 2 aromatic carbocycles. The Morgan fingerprint density at radius 3 is 2.50 bits per heavy atom. The third-order valence-electron chi connectivity index (χ3n) is 4.36. The standard InChI is InChI=1S/C21H23NO5S/c1-3-26-21(23)22-18(15-17-7-4-5-9-20(17)22)8-6-14-27-28(24,25)19-12-10-16(2)11-13-19/h4-5,7,9-13,15H,3,6,8,14H2,1-2H3. The zero-order chi connectivity index (χ0) is 20.1. The molecule has 0 saturated heterocycles. The lowest BCUT2D eigenvalue weighted by Gasteiger charge is -2.10. The molecule has 6 nitrogen and oxygen atoms in total. The highest BCUT2D eigenvalue weighted by atomic mass is 32.2. The van der Waals surface area contributed by atoms with Crippen molar-refractivity contribution in [1.29, 1.82) is 0 Å². The number of aryl methyl sites for hydroxylation is 2. The van der Waals surface area contributed by atoms with Crippen molar-refractivity contribution >= 4 is 27.1 Å². The molecule has 0 radical (unpaired) electrons. The minimum Gasteiger partial charge on any atom is -0.449 e. The van der Waals surface area contributed by atoms with E-state index in [1.807, 2.05) is 37.3 Å². The van der Waals surface area contributed by atoms with E-state index in [0.29, 0.717) is 12.8 Å². The molecule has 1 aromatic heterocycles. The van der Waals surface area contributed by atoms with Crippen molar-refractivity contribution in [2.24, 2.45) is 0 Å². The summed E-state index contributed by atoms with van der Waals surface area (Å²) in [4.78, 5) is 12.5. The Morgan fingerprint density at radius 1 is 1.07 bits per heavy atom. The molecule has 0 spiro atoms. The Bertz CT molecular complexity index is 1070. The molecule has 148 valence electrons. The number of ether oxygens (including phenoxy) is 1. The second kappa shape index (κ2) is 8.58. The van der Waals surface area contributed by atoms with Crippen molar-refractivity contribution in [2.75, 3.05) is 13.2 Å². The molecule has 7 heteroatoms. The smallest absolute Gasteiger partial charge is 0.418 e. The fourth-order valence-corrected chi connectivity index (χ4v) is 3.94. The number of hydrogen-bond acceptors (Lipinski definition) is 5. The molecule has 0 aliphatic heterocycles. The highest BCUT2D eigenvalue weighted by Crippen LogP contribution is 2.22. The molecule has 0 saturated carbocycles. The van der Waals surface area contributed by atoms with E-state index in [4.69, 9.17) is 8.92 Å². The summed E-state index contributed by atoms with van der Waals surface area (Å²) < 4.78 is 36.3. The summed E-state index contributed by atoms with van der Waals surface area (Å²) in [5.41, 5.74) is 2.51. The summed E-state index contributed by atoms with van der Waals surface area (Å²) in [6.07, 6.45) is 0.490. The summed E-state index contributed by atoms with van der Waals surface area (Å²) in [5, 5.41) is 0.929. The van der Waals surface area contributed by atoms with Crippen LogP contribution in [-0.2, 0) is 25.5 Å². The molecule has 0 fully saturated rings. The molecule has 0 amide bonds. The highest BCUT2D eigenvalue weighted by molar-refractivity contribution is 7.86. The van der Waals surface area contributed by atoms with Gasteiger partial charge in [-0.25, -0.2) is 9.36 Å². The maximum Gasteiger partial charge on any atom is 0.418 e. The quantitative estimate of drug-likeness (QED) is 0.436. The minimum absolute atomic E-state index is 0.0283. The molecule has 0 aliphatic rings. The predicted octanol–water partition coefficient (Wildman–Crippen LogP) is 4.29. The number of fused-ring (bicyclic) bond motifs is 1. The largest absolute Gasteiger partial charge is 0.449 e. The number of carbonyl (C=O) groups is 1. The van der Waals surface area contributed by atoms with Gasteiger partial charge in [0, 0.05) is 11.1 Å². The summed E-state index contributed by atoms with van der Waals surface area (Å²) in [7, 11) is -3.79. The van der Waals surface area contributed by atoms with E-state index in [1.54, 1.807) is 19.1 Å². The molecule has 0 bridgehead atoms. The Kier molecular flexibility index (Phi) is 6.16. The highest BCUT2D eigenvalue weighted by Gasteiger charge is 2.17. The lowest BCUT2D eigenvalue weighted by atomic mass is 10.2. The second-order valence-electron chi connectivity index (χ2n) is 6.42. The minimum atomic E-state index is -3.79. The number of nitrogens with zero attached hydrogens (tertiary/aromatic N) is 1. The predicted molar refractivity (Wildman–Crippen MR) is 107 cm³/mol. The van der Waals surface area contributed by atoms with Gasteiger partial charge in [0.25, 0.3) is 10.1 Å². The fourth-order valence-electron chi connectivity index (χ4n) is 2.99. The van der Waals surface area contributed by atoms with Crippen LogP contribution in [0.15, 0.2) is 59.5 Å². The van der Waals surface area contributed by atoms with Crippen LogP contribution in [0.3, 0.4) is 0 Å². The topological polar surface area (TPSA) is 74.6 Å². The molecule has 0 aliphatic carbocycles. The van der Waals surface area contributed by atoms with Crippen LogP contribution >= 0.6 is 0 Å². The van der Waals surface area contributed by atoms with Gasteiger partial charge in [0.15, 0.2) is 0 Å². The first-order valence-corrected chi connectivity index (χ1v) is 10.6. The maximum absolute atomic E-state index is 12.4. The van der Waals surface area contributed by atoms with E-state index >= 15 is 0 Å². The number of benzene rings is 2. The van der Waals surface area contributed by atoms with Crippen molar-refractivity contribution in [3.8, 4) is 0 Å². The van der Waals surface area contributed by atoms with E-state index in [1.165, 1.54) is 16.7 Å². The van der Waals surface area contributed by atoms with Crippen molar-refractivity contribution in [2.45, 2.75) is 31.6 Å². The number of para-hydroxylation sites is 1. The first-order chi connectivity index (χ1) is 13.4. The summed E-state index contributed by atoms with van der Waals surface area (Å²) in [5.74, 6) is 0. The van der Waals surface area contributed by atoms with Crippen LogP contribution in [0.4, 0.5) is 4.79 Å². The van der Waals surface area contributed by atoms with E-state index in [9.17, 15) is 13.2 Å². The van der Waals surface area contributed by atoms with E-state index in [2.05, 4.69) is 0 Å². The monoisotopic (exact) mass is 401 g/mol. The number of hydrogen-bond donors (Lipinski definition) is 0. The lowest BCUT2D eigenvalue weighted by molar-refractivity contribution is 0.154. The van der Waals surface area contributed by atoms with E-state index in [-0.39, 0.29) is 18.1 Å². The maximum atomic E-state index is 12.4. The zero-order valence-electron chi connectivity index (χ0n) is 15.9. The van der Waals surface area contributed by atoms with Crippen LogP contribution in [0, 0.1) is 6.92 Å². The van der Waals surface area contributed by atoms with Gasteiger partial charge < -0.3 is 4.74 Å². The van der Waals surface area contributed by atoms with Crippen LogP contribution in [0.2, 0.25) is 0 Å². The molecule has 1 heterocycles. The molecule has 0 unspecified atom stereocenters. The van der Waals surface area contributed by atoms with Crippen molar-refractivity contribution < 1.29 is 22.1 Å². The van der Waals surface area contributed by atoms with Crippen LogP contribution in [-0.4, -0.2) is 32.3 Å². The SMILES string of the molecule is CCOC(=O)n1c(CCCOS(=O)(=O)c2ccc(C)cc2)cc2ccccc21. The van der Waals surface area contributed by atoms with E-state index < -0.39 is 16.2 Å². The average Bonchev–Trinajstić information content (AvgIpc) is 3.04. The Balaban J connectivity index is 1.69. The first kappa shape index (κ1) is 20.1. The molecule has 0 atom stereocenters.